The minimum Gasteiger partial charge on any atom is -0.477 e. The summed E-state index contributed by atoms with van der Waals surface area (Å²) in [5, 5.41) is 12.3. The quantitative estimate of drug-likeness (QED) is 0.772. The van der Waals surface area contributed by atoms with Crippen LogP contribution in [0.25, 0.3) is 11.0 Å². The van der Waals surface area contributed by atoms with Crippen molar-refractivity contribution in [2.45, 2.75) is 20.8 Å². The molecule has 0 atom stereocenters. The van der Waals surface area contributed by atoms with E-state index in [2.05, 4.69) is 15.3 Å². The van der Waals surface area contributed by atoms with Crippen LogP contribution in [0.3, 0.4) is 0 Å². The Morgan fingerprint density at radius 3 is 2.58 bits per heavy atom. The molecule has 0 saturated carbocycles. The van der Waals surface area contributed by atoms with Gasteiger partial charge in [-0.2, -0.15) is 0 Å². The highest BCUT2D eigenvalue weighted by atomic mass is 16.4. The van der Waals surface area contributed by atoms with Crippen LogP contribution >= 0.6 is 0 Å². The second-order valence-electron chi connectivity index (χ2n) is 5.35. The number of nitrogens with zero attached hydrogens (tertiary/aromatic N) is 1. The zero-order valence-corrected chi connectivity index (χ0v) is 10.9. The number of hydrogen-bond acceptors (Lipinski definition) is 3. The highest BCUT2D eigenvalue weighted by molar-refractivity contribution is 5.97. The van der Waals surface area contributed by atoms with Crippen LogP contribution in [0, 0.1) is 5.41 Å². The summed E-state index contributed by atoms with van der Waals surface area (Å²) < 4.78 is 0. The summed E-state index contributed by atoms with van der Waals surface area (Å²) in [5.41, 5.74) is 0.593. The zero-order valence-electron chi connectivity index (χ0n) is 10.9. The van der Waals surface area contributed by atoms with Crippen LogP contribution < -0.4 is 5.32 Å². The number of nitrogens with one attached hydrogen (secondary N) is 2. The predicted octanol–water partition coefficient (Wildman–Crippen LogP) is 2.25. The summed E-state index contributed by atoms with van der Waals surface area (Å²) >= 11 is 0. The topological polar surface area (TPSA) is 95.1 Å². The van der Waals surface area contributed by atoms with Crippen molar-refractivity contribution in [3.05, 3.63) is 24.0 Å². The molecular weight excluding hydrogens is 246 g/mol. The number of H-pyrrole nitrogens is 1. The van der Waals surface area contributed by atoms with Gasteiger partial charge in [-0.05, 0) is 12.1 Å². The molecule has 2 heterocycles. The number of pyridine rings is 1. The lowest BCUT2D eigenvalue weighted by atomic mass is 9.95. The van der Waals surface area contributed by atoms with Gasteiger partial charge in [-0.15, -0.1) is 0 Å². The molecule has 0 unspecified atom stereocenters. The fourth-order valence-electron chi connectivity index (χ4n) is 1.52. The lowest BCUT2D eigenvalue weighted by molar-refractivity contribution is -0.123. The normalized spacial score (nSPS) is 11.5. The Bertz CT molecular complexity index is 653. The molecule has 0 bridgehead atoms. The molecule has 100 valence electrons. The molecule has 2 aromatic heterocycles. The number of fused-ring (bicyclic) bond motifs is 1. The van der Waals surface area contributed by atoms with Gasteiger partial charge in [-0.25, -0.2) is 9.78 Å². The van der Waals surface area contributed by atoms with Gasteiger partial charge in [0.05, 0.1) is 11.9 Å². The summed E-state index contributed by atoms with van der Waals surface area (Å²) in [6.45, 7) is 5.44. The van der Waals surface area contributed by atoms with Crippen molar-refractivity contribution in [3.8, 4) is 0 Å². The Hall–Kier alpha value is -2.37. The summed E-state index contributed by atoms with van der Waals surface area (Å²) in [5.74, 6) is -1.17. The largest absolute Gasteiger partial charge is 0.477 e. The molecule has 2 rings (SSSR count). The number of amides is 1. The lowest BCUT2D eigenvalue weighted by Gasteiger charge is -2.17. The van der Waals surface area contributed by atoms with Crippen molar-refractivity contribution in [3.63, 3.8) is 0 Å². The molecule has 0 aliphatic heterocycles. The first-order chi connectivity index (χ1) is 8.77. The molecule has 1 amide bonds. The Morgan fingerprint density at radius 1 is 1.32 bits per heavy atom. The monoisotopic (exact) mass is 261 g/mol. The molecule has 0 aliphatic rings. The van der Waals surface area contributed by atoms with Gasteiger partial charge < -0.3 is 15.4 Å². The smallest absolute Gasteiger partial charge is 0.352 e. The summed E-state index contributed by atoms with van der Waals surface area (Å²) in [6.07, 6.45) is 1.49. The fraction of sp³-hybridized carbons (Fsp3) is 0.308. The third-order valence-corrected chi connectivity index (χ3v) is 2.64. The van der Waals surface area contributed by atoms with Crippen LogP contribution in [0.1, 0.15) is 31.3 Å². The molecule has 0 saturated heterocycles. The Labute approximate surface area is 109 Å². The standard InChI is InChI=1S/C13H15N3O3/c1-13(2,3)12(19)15-8-4-7-5-9(11(17)18)16-10(7)14-6-8/h4-6H,1-3H3,(H,14,16)(H,15,19)(H,17,18). The van der Waals surface area contributed by atoms with Crippen LogP contribution in [0.15, 0.2) is 18.3 Å². The first-order valence-corrected chi connectivity index (χ1v) is 5.81. The number of hydrogen-bond donors (Lipinski definition) is 3. The highest BCUT2D eigenvalue weighted by Crippen LogP contribution is 2.20. The van der Waals surface area contributed by atoms with E-state index >= 15 is 0 Å². The number of carboxylic acid groups (broad SMARTS) is 1. The zero-order chi connectivity index (χ0) is 14.2. The van der Waals surface area contributed by atoms with E-state index < -0.39 is 11.4 Å². The van der Waals surface area contributed by atoms with E-state index in [1.165, 1.54) is 12.3 Å². The van der Waals surface area contributed by atoms with Gasteiger partial charge in [-0.3, -0.25) is 4.79 Å². The Morgan fingerprint density at radius 2 is 2.00 bits per heavy atom. The Balaban J connectivity index is 2.31. The molecule has 2 aromatic rings. The molecule has 0 aliphatic carbocycles. The molecular formula is C13H15N3O3. The second-order valence-corrected chi connectivity index (χ2v) is 5.35. The number of carboxylic acids is 1. The summed E-state index contributed by atoms with van der Waals surface area (Å²) in [7, 11) is 0. The van der Waals surface area contributed by atoms with E-state index in [1.807, 2.05) is 20.8 Å². The van der Waals surface area contributed by atoms with E-state index in [0.717, 1.165) is 0 Å². The second kappa shape index (κ2) is 4.38. The number of carbonyl (C=O) groups excluding carboxylic acids is 1. The van der Waals surface area contributed by atoms with Crippen molar-refractivity contribution in [2.75, 3.05) is 5.32 Å². The molecule has 0 aromatic carbocycles. The minimum absolute atomic E-state index is 0.0711. The average molecular weight is 261 g/mol. The van der Waals surface area contributed by atoms with Crippen LogP contribution in [-0.4, -0.2) is 27.0 Å². The van der Waals surface area contributed by atoms with Crippen LogP contribution in [0.4, 0.5) is 5.69 Å². The number of carbonyl (C=O) groups is 2. The maximum Gasteiger partial charge on any atom is 0.352 e. The van der Waals surface area contributed by atoms with Crippen LogP contribution in [-0.2, 0) is 4.79 Å². The molecule has 6 nitrogen and oxygen atoms in total. The van der Waals surface area contributed by atoms with Gasteiger partial charge in [0, 0.05) is 10.8 Å². The highest BCUT2D eigenvalue weighted by Gasteiger charge is 2.21. The van der Waals surface area contributed by atoms with Crippen molar-refractivity contribution in [2.24, 2.45) is 5.41 Å². The van der Waals surface area contributed by atoms with Gasteiger partial charge >= 0.3 is 5.97 Å². The molecule has 6 heteroatoms. The number of aromatic nitrogens is 2. The third kappa shape index (κ3) is 2.73. The van der Waals surface area contributed by atoms with E-state index in [9.17, 15) is 9.59 Å². The van der Waals surface area contributed by atoms with E-state index in [1.54, 1.807) is 6.07 Å². The first kappa shape index (κ1) is 13.1. The molecule has 0 spiro atoms. The van der Waals surface area contributed by atoms with Crippen molar-refractivity contribution in [1.29, 1.82) is 0 Å². The molecule has 19 heavy (non-hydrogen) atoms. The van der Waals surface area contributed by atoms with Gasteiger partial charge in [0.25, 0.3) is 0 Å². The SMILES string of the molecule is CC(C)(C)C(=O)Nc1cnc2[nH]c(C(=O)O)cc2c1. The fourth-order valence-corrected chi connectivity index (χ4v) is 1.52. The number of rotatable bonds is 2. The van der Waals surface area contributed by atoms with Gasteiger partial charge in [0.2, 0.25) is 5.91 Å². The molecule has 0 fully saturated rings. The summed E-state index contributed by atoms with van der Waals surface area (Å²) in [6, 6.07) is 3.17. The average Bonchev–Trinajstić information content (AvgIpc) is 2.70. The first-order valence-electron chi connectivity index (χ1n) is 5.81. The lowest BCUT2D eigenvalue weighted by Crippen LogP contribution is -2.27. The van der Waals surface area contributed by atoms with Crippen molar-refractivity contribution in [1.82, 2.24) is 9.97 Å². The molecule has 3 N–H and O–H groups in total. The maximum atomic E-state index is 11.8. The van der Waals surface area contributed by atoms with E-state index in [0.29, 0.717) is 16.7 Å². The van der Waals surface area contributed by atoms with Crippen LogP contribution in [0.2, 0.25) is 0 Å². The number of anilines is 1. The van der Waals surface area contributed by atoms with Gasteiger partial charge in [-0.1, -0.05) is 20.8 Å². The minimum atomic E-state index is -1.04. The maximum absolute atomic E-state index is 11.8. The van der Waals surface area contributed by atoms with E-state index in [-0.39, 0.29) is 11.6 Å². The predicted molar refractivity (Wildman–Crippen MR) is 71.1 cm³/mol. The number of aromatic amines is 1. The summed E-state index contributed by atoms with van der Waals surface area (Å²) in [4.78, 5) is 29.4. The van der Waals surface area contributed by atoms with Crippen LogP contribution in [0.5, 0.6) is 0 Å². The number of aromatic carboxylic acids is 1. The molecule has 0 radical (unpaired) electrons. The van der Waals surface area contributed by atoms with Gasteiger partial charge in [0.15, 0.2) is 0 Å². The third-order valence-electron chi connectivity index (χ3n) is 2.64. The van der Waals surface area contributed by atoms with E-state index in [4.69, 9.17) is 5.11 Å². The van der Waals surface area contributed by atoms with Crippen molar-refractivity contribution < 1.29 is 14.7 Å². The Kier molecular flexibility index (Phi) is 3.01. The van der Waals surface area contributed by atoms with Crippen molar-refractivity contribution >= 4 is 28.6 Å². The van der Waals surface area contributed by atoms with Gasteiger partial charge in [0.1, 0.15) is 11.3 Å².